The molecule has 0 saturated carbocycles. The molecule has 2 aromatic carbocycles. The summed E-state index contributed by atoms with van der Waals surface area (Å²) in [6.07, 6.45) is 1.43. The molecular weight excluding hydrogens is 1020 g/mol. The third-order valence-electron chi connectivity index (χ3n) is 11.3. The third kappa shape index (κ3) is 27.6. The van der Waals surface area contributed by atoms with Gasteiger partial charge in [0, 0.05) is 17.5 Å². The zero-order chi connectivity index (χ0) is 59.1. The lowest BCUT2D eigenvalue weighted by Crippen LogP contribution is -2.44. The molecule has 1 aromatic heterocycles. The smallest absolute Gasteiger partial charge is 0.408 e. The SMILES string of the molecule is CC(C)(C)OC(=O)N[C@@H](CCc1c[n+](CCCC[C@H](NC(=O)OC(C)(C)C)C(=O)OCc2ccccc2)cc(CC[C@H](NC(=O)OC(C)(C)C)C(=O)O)c1CCC[C@H](NC(=O)OC(C)(C)C)C(=O)OCc1ccccc1)C(=O)O. The first-order chi connectivity index (χ1) is 36.8. The van der Waals surface area contributed by atoms with E-state index < -0.39 is 94.8 Å². The van der Waals surface area contributed by atoms with Gasteiger partial charge in [-0.15, -0.1) is 0 Å². The average molecular weight is 1110 g/mol. The number of amides is 4. The number of carbonyl (C=O) groups excluding carboxylic acids is 6. The molecule has 79 heavy (non-hydrogen) atoms. The van der Waals surface area contributed by atoms with Gasteiger partial charge in [0.2, 0.25) is 0 Å². The largest absolute Gasteiger partial charge is 0.480 e. The monoisotopic (exact) mass is 1110 g/mol. The lowest BCUT2D eigenvalue weighted by molar-refractivity contribution is -0.698. The third-order valence-corrected chi connectivity index (χ3v) is 11.3. The topological polar surface area (TPSA) is 284 Å². The molecule has 0 radical (unpaired) electrons. The highest BCUT2D eigenvalue weighted by atomic mass is 16.6. The normalized spacial score (nSPS) is 13.3. The van der Waals surface area contributed by atoms with Crippen LogP contribution in [0, 0.1) is 0 Å². The van der Waals surface area contributed by atoms with Crippen molar-refractivity contribution in [3.8, 4) is 0 Å². The van der Waals surface area contributed by atoms with E-state index in [9.17, 15) is 48.6 Å². The van der Waals surface area contributed by atoms with Crippen molar-refractivity contribution in [3.05, 3.63) is 101 Å². The number of alkyl carbamates (subject to hydrolysis) is 4. The first-order valence-electron chi connectivity index (χ1n) is 26.6. The number of esters is 2. The Morgan fingerprint density at radius 2 is 0.772 bits per heavy atom. The van der Waals surface area contributed by atoms with Crippen LogP contribution < -0.4 is 25.8 Å². The molecule has 4 amide bonds. The Morgan fingerprint density at radius 3 is 1.10 bits per heavy atom. The van der Waals surface area contributed by atoms with Crippen LogP contribution in [0.2, 0.25) is 0 Å². The number of nitrogens with zero attached hydrogens (tertiary/aromatic N) is 1. The van der Waals surface area contributed by atoms with Gasteiger partial charge in [0.1, 0.15) is 66.3 Å². The van der Waals surface area contributed by atoms with E-state index >= 15 is 0 Å². The number of hydrogen-bond donors (Lipinski definition) is 6. The Hall–Kier alpha value is -7.45. The summed E-state index contributed by atoms with van der Waals surface area (Å²) in [5.41, 5.74) is -0.234. The van der Waals surface area contributed by atoms with E-state index in [4.69, 9.17) is 28.4 Å². The summed E-state index contributed by atoms with van der Waals surface area (Å²) in [7, 11) is 0. The number of carboxylic acid groups (broad SMARTS) is 2. The number of nitrogens with one attached hydrogen (secondary N) is 4. The van der Waals surface area contributed by atoms with E-state index in [1.165, 1.54) is 0 Å². The standard InChI is InChI=1S/C58H83N5O16/c1-55(2,3)76-51(70)59-43(47(64)65)31-29-40-34-63(33-20-19-27-45(61-53(72)78-57(7,8)9)49(68)74-36-38-22-15-13-16-23-38)35-41(30-32-44(48(66)67)60-52(71)77-56(4,5)6)42(40)26-21-28-46(62-54(73)79-58(10,11)12)50(69)75-37-39-24-17-14-18-25-39/h13-18,22-25,34-35,43-46H,19-21,26-33,36-37H2,1-12H3,(H5-,59,60,61,62,64,65,66,67,70,71,72,73)/p+1/t43-,44-,45-,46-/m0/s1. The van der Waals surface area contributed by atoms with Gasteiger partial charge in [0.15, 0.2) is 12.4 Å². The summed E-state index contributed by atoms with van der Waals surface area (Å²) in [4.78, 5) is 104. The summed E-state index contributed by atoms with van der Waals surface area (Å²) in [6.45, 7) is 20.2. The van der Waals surface area contributed by atoms with Gasteiger partial charge in [-0.25, -0.2) is 42.9 Å². The van der Waals surface area contributed by atoms with E-state index in [1.807, 2.05) is 41.2 Å². The summed E-state index contributed by atoms with van der Waals surface area (Å²) in [5, 5.41) is 30.9. The average Bonchev–Trinajstić information content (AvgIpc) is 3.31. The molecule has 3 aromatic rings. The van der Waals surface area contributed by atoms with Crippen molar-refractivity contribution in [2.24, 2.45) is 0 Å². The van der Waals surface area contributed by atoms with E-state index in [0.29, 0.717) is 36.1 Å². The van der Waals surface area contributed by atoms with Gasteiger partial charge in [0.25, 0.3) is 0 Å². The van der Waals surface area contributed by atoms with E-state index in [0.717, 1.165) is 11.1 Å². The molecule has 6 N–H and O–H groups in total. The predicted octanol–water partition coefficient (Wildman–Crippen LogP) is 8.56. The van der Waals surface area contributed by atoms with Crippen LogP contribution in [0.25, 0.3) is 0 Å². The van der Waals surface area contributed by atoms with Crippen molar-refractivity contribution < 1.29 is 81.6 Å². The predicted molar refractivity (Wildman–Crippen MR) is 290 cm³/mol. The maximum absolute atomic E-state index is 13.7. The van der Waals surface area contributed by atoms with Crippen LogP contribution in [-0.4, -0.2) is 105 Å². The van der Waals surface area contributed by atoms with Gasteiger partial charge in [0.05, 0.1) is 0 Å². The fraction of sp³-hybridized carbons (Fsp3) is 0.569. The molecule has 21 nitrogen and oxygen atoms in total. The summed E-state index contributed by atoms with van der Waals surface area (Å²) < 4.78 is 34.8. The fourth-order valence-electron chi connectivity index (χ4n) is 7.88. The zero-order valence-corrected chi connectivity index (χ0v) is 48.0. The summed E-state index contributed by atoms with van der Waals surface area (Å²) in [6, 6.07) is 13.0. The van der Waals surface area contributed by atoms with Crippen LogP contribution >= 0.6 is 0 Å². The second-order valence-electron chi connectivity index (χ2n) is 23.1. The highest BCUT2D eigenvalue weighted by Crippen LogP contribution is 2.23. The molecule has 1 heterocycles. The van der Waals surface area contributed by atoms with E-state index in [1.54, 1.807) is 119 Å². The zero-order valence-electron chi connectivity index (χ0n) is 48.0. The molecule has 21 heteroatoms. The van der Waals surface area contributed by atoms with Crippen LogP contribution in [0.3, 0.4) is 0 Å². The van der Waals surface area contributed by atoms with Gasteiger partial charge in [-0.05, 0) is 158 Å². The van der Waals surface area contributed by atoms with Crippen LogP contribution in [0.15, 0.2) is 73.1 Å². The number of unbranched alkanes of at least 4 members (excludes halogenated alkanes) is 1. The minimum atomic E-state index is -1.41. The molecule has 0 bridgehead atoms. The van der Waals surface area contributed by atoms with Gasteiger partial charge < -0.3 is 59.9 Å². The molecule has 0 fully saturated rings. The molecule has 0 saturated heterocycles. The highest BCUT2D eigenvalue weighted by molar-refractivity contribution is 5.83. The Labute approximate surface area is 464 Å². The molecule has 4 atom stereocenters. The van der Waals surface area contributed by atoms with E-state index in [2.05, 4.69) is 21.3 Å². The van der Waals surface area contributed by atoms with Crippen LogP contribution in [-0.2, 0) is 86.6 Å². The van der Waals surface area contributed by atoms with Gasteiger partial charge in [-0.2, -0.15) is 0 Å². The number of rotatable bonds is 27. The minimum absolute atomic E-state index is 0.0226. The molecule has 0 aliphatic carbocycles. The Kier molecular flexibility index (Phi) is 25.5. The fourth-order valence-corrected chi connectivity index (χ4v) is 7.88. The summed E-state index contributed by atoms with van der Waals surface area (Å²) in [5.74, 6) is -4.03. The van der Waals surface area contributed by atoms with Crippen LogP contribution in [0.4, 0.5) is 19.2 Å². The van der Waals surface area contributed by atoms with Gasteiger partial charge >= 0.3 is 48.3 Å². The number of carbonyl (C=O) groups is 8. The Morgan fingerprint density at radius 1 is 0.443 bits per heavy atom. The van der Waals surface area contributed by atoms with Crippen molar-refractivity contribution in [2.75, 3.05) is 0 Å². The molecule has 0 aliphatic heterocycles. The van der Waals surface area contributed by atoms with Gasteiger partial charge in [-0.3, -0.25) is 0 Å². The number of aliphatic carboxylic acids is 2. The van der Waals surface area contributed by atoms with Crippen LogP contribution in [0.5, 0.6) is 0 Å². The number of ether oxygens (including phenoxy) is 6. The second kappa shape index (κ2) is 30.6. The first kappa shape index (κ1) is 65.8. The van der Waals surface area contributed by atoms with Crippen molar-refractivity contribution >= 4 is 48.3 Å². The number of benzene rings is 2. The second-order valence-corrected chi connectivity index (χ2v) is 23.1. The van der Waals surface area contributed by atoms with Crippen molar-refractivity contribution in [3.63, 3.8) is 0 Å². The Bertz CT molecular complexity index is 2420. The summed E-state index contributed by atoms with van der Waals surface area (Å²) >= 11 is 0. The molecule has 3 rings (SSSR count). The van der Waals surface area contributed by atoms with Crippen LogP contribution in [0.1, 0.15) is 156 Å². The number of aryl methyl sites for hydroxylation is 3. The number of carboxylic acids is 2. The molecule has 0 spiro atoms. The first-order valence-corrected chi connectivity index (χ1v) is 26.6. The van der Waals surface area contributed by atoms with Crippen molar-refractivity contribution in [2.45, 2.75) is 214 Å². The number of aromatic nitrogens is 1. The van der Waals surface area contributed by atoms with E-state index in [-0.39, 0.29) is 64.6 Å². The maximum atomic E-state index is 13.7. The van der Waals surface area contributed by atoms with Crippen molar-refractivity contribution in [1.29, 1.82) is 0 Å². The van der Waals surface area contributed by atoms with Crippen molar-refractivity contribution in [1.82, 2.24) is 21.3 Å². The quantitative estimate of drug-likeness (QED) is 0.0180. The highest BCUT2D eigenvalue weighted by Gasteiger charge is 2.31. The lowest BCUT2D eigenvalue weighted by atomic mass is 9.91. The van der Waals surface area contributed by atoms with Gasteiger partial charge in [-0.1, -0.05) is 60.7 Å². The molecular formula is C58H84N5O16+. The number of pyridine rings is 1. The number of hydrogen-bond acceptors (Lipinski definition) is 14. The minimum Gasteiger partial charge on any atom is -0.480 e. The molecule has 0 aliphatic rings. The Balaban J connectivity index is 2.10. The molecule has 0 unspecified atom stereocenters. The molecule has 436 valence electrons. The maximum Gasteiger partial charge on any atom is 0.408 e. The lowest BCUT2D eigenvalue weighted by Gasteiger charge is -2.24.